The van der Waals surface area contributed by atoms with Gasteiger partial charge in [-0.05, 0) is 49.3 Å². The minimum absolute atomic E-state index is 0.416. The molecule has 1 aliphatic rings. The van der Waals surface area contributed by atoms with Gasteiger partial charge in [-0.15, -0.1) is 11.6 Å². The van der Waals surface area contributed by atoms with E-state index >= 15 is 0 Å². The molecule has 1 heterocycles. The summed E-state index contributed by atoms with van der Waals surface area (Å²) in [5.41, 5.74) is 1.29. The van der Waals surface area contributed by atoms with Crippen LogP contribution in [0.25, 0.3) is 0 Å². The molecule has 2 nitrogen and oxygen atoms in total. The molecule has 2 unspecified atom stereocenters. The predicted molar refractivity (Wildman–Crippen MR) is 74.5 cm³/mol. The fraction of sp³-hybridized carbons (Fsp3) is 0.600. The number of hydrogen-bond donors (Lipinski definition) is 0. The molecular formula is C15H21ClO2. The minimum atomic E-state index is 0.416. The van der Waals surface area contributed by atoms with Gasteiger partial charge in [-0.1, -0.05) is 12.1 Å². The maximum atomic E-state index is 6.08. The average molecular weight is 269 g/mol. The van der Waals surface area contributed by atoms with Gasteiger partial charge in [0.25, 0.3) is 0 Å². The number of benzene rings is 1. The normalized spacial score (nSPS) is 20.9. The Bertz CT molecular complexity index is 361. The van der Waals surface area contributed by atoms with Crippen LogP contribution < -0.4 is 4.74 Å². The molecule has 0 amide bonds. The lowest BCUT2D eigenvalue weighted by atomic mass is 9.94. The van der Waals surface area contributed by atoms with Gasteiger partial charge in [0, 0.05) is 12.5 Å². The van der Waals surface area contributed by atoms with Crippen molar-refractivity contribution in [2.75, 3.05) is 19.6 Å². The van der Waals surface area contributed by atoms with Crippen LogP contribution in [-0.2, 0) is 11.2 Å². The zero-order valence-electron chi connectivity index (χ0n) is 10.9. The average Bonchev–Trinajstić information content (AvgIpc) is 2.91. The second-order valence-electron chi connectivity index (χ2n) is 4.95. The van der Waals surface area contributed by atoms with Crippen molar-refractivity contribution in [3.8, 4) is 5.75 Å². The summed E-state index contributed by atoms with van der Waals surface area (Å²) in [6, 6.07) is 8.23. The Balaban J connectivity index is 1.91. The van der Waals surface area contributed by atoms with Crippen molar-refractivity contribution in [2.45, 2.75) is 31.8 Å². The van der Waals surface area contributed by atoms with Crippen LogP contribution in [-0.4, -0.2) is 25.7 Å². The molecule has 1 saturated heterocycles. The Morgan fingerprint density at radius 1 is 1.50 bits per heavy atom. The zero-order valence-corrected chi connectivity index (χ0v) is 11.7. The topological polar surface area (TPSA) is 18.5 Å². The summed E-state index contributed by atoms with van der Waals surface area (Å²) >= 11 is 6.08. The first-order valence-electron chi connectivity index (χ1n) is 6.62. The molecule has 18 heavy (non-hydrogen) atoms. The van der Waals surface area contributed by atoms with E-state index in [0.29, 0.717) is 17.9 Å². The van der Waals surface area contributed by atoms with E-state index in [0.717, 1.165) is 25.2 Å². The van der Waals surface area contributed by atoms with E-state index in [4.69, 9.17) is 21.1 Å². The van der Waals surface area contributed by atoms with Gasteiger partial charge in [0.1, 0.15) is 5.75 Å². The van der Waals surface area contributed by atoms with Crippen molar-refractivity contribution in [3.63, 3.8) is 0 Å². The van der Waals surface area contributed by atoms with Gasteiger partial charge in [-0.3, -0.25) is 0 Å². The largest absolute Gasteiger partial charge is 0.497 e. The van der Waals surface area contributed by atoms with Crippen LogP contribution >= 0.6 is 11.6 Å². The van der Waals surface area contributed by atoms with E-state index in [1.54, 1.807) is 7.11 Å². The van der Waals surface area contributed by atoms with Gasteiger partial charge in [-0.25, -0.2) is 0 Å². The SMILES string of the molecule is COc1cccc(CC(CCl)CC2CCCO2)c1. The van der Waals surface area contributed by atoms with Crippen LogP contribution in [0.5, 0.6) is 5.75 Å². The van der Waals surface area contributed by atoms with E-state index < -0.39 is 0 Å². The summed E-state index contributed by atoms with van der Waals surface area (Å²) in [7, 11) is 1.70. The molecule has 0 aliphatic carbocycles. The third-order valence-electron chi connectivity index (χ3n) is 3.50. The molecule has 0 radical (unpaired) electrons. The second kappa shape index (κ2) is 7.01. The smallest absolute Gasteiger partial charge is 0.119 e. The highest BCUT2D eigenvalue weighted by Crippen LogP contribution is 2.24. The van der Waals surface area contributed by atoms with Gasteiger partial charge in [-0.2, -0.15) is 0 Å². The lowest BCUT2D eigenvalue weighted by Crippen LogP contribution is -2.16. The maximum Gasteiger partial charge on any atom is 0.119 e. The molecule has 0 N–H and O–H groups in total. The third kappa shape index (κ3) is 3.89. The van der Waals surface area contributed by atoms with Gasteiger partial charge in [0.2, 0.25) is 0 Å². The quantitative estimate of drug-likeness (QED) is 0.733. The predicted octanol–water partition coefficient (Wildman–Crippen LogP) is 3.66. The van der Waals surface area contributed by atoms with Crippen molar-refractivity contribution in [1.29, 1.82) is 0 Å². The van der Waals surface area contributed by atoms with Crippen molar-refractivity contribution in [2.24, 2.45) is 5.92 Å². The molecule has 2 rings (SSSR count). The van der Waals surface area contributed by atoms with E-state index in [9.17, 15) is 0 Å². The molecule has 0 saturated carbocycles. The Labute approximate surface area is 114 Å². The molecule has 0 bridgehead atoms. The summed E-state index contributed by atoms with van der Waals surface area (Å²) in [5, 5.41) is 0. The molecule has 3 heteroatoms. The van der Waals surface area contributed by atoms with Crippen molar-refractivity contribution < 1.29 is 9.47 Å². The fourth-order valence-corrected chi connectivity index (χ4v) is 2.77. The summed E-state index contributed by atoms with van der Waals surface area (Å²) in [5.74, 6) is 2.09. The first-order chi connectivity index (χ1) is 8.81. The first kappa shape index (κ1) is 13.7. The van der Waals surface area contributed by atoms with Crippen molar-refractivity contribution in [3.05, 3.63) is 29.8 Å². The Kier molecular flexibility index (Phi) is 5.33. The Morgan fingerprint density at radius 2 is 2.39 bits per heavy atom. The van der Waals surface area contributed by atoms with Crippen molar-refractivity contribution in [1.82, 2.24) is 0 Å². The van der Waals surface area contributed by atoms with E-state index in [1.807, 2.05) is 12.1 Å². The van der Waals surface area contributed by atoms with Crippen LogP contribution in [0.3, 0.4) is 0 Å². The van der Waals surface area contributed by atoms with Gasteiger partial charge in [0.15, 0.2) is 0 Å². The van der Waals surface area contributed by atoms with E-state index in [-0.39, 0.29) is 0 Å². The molecular weight excluding hydrogens is 248 g/mol. The van der Waals surface area contributed by atoms with Crippen LogP contribution in [0, 0.1) is 5.92 Å². The summed E-state index contributed by atoms with van der Waals surface area (Å²) in [4.78, 5) is 0. The molecule has 0 spiro atoms. The fourth-order valence-electron chi connectivity index (χ4n) is 2.54. The number of rotatable bonds is 6. The molecule has 1 fully saturated rings. The van der Waals surface area contributed by atoms with Gasteiger partial charge in [0.05, 0.1) is 13.2 Å². The molecule has 100 valence electrons. The lowest BCUT2D eigenvalue weighted by molar-refractivity contribution is 0.0922. The van der Waals surface area contributed by atoms with Gasteiger partial charge < -0.3 is 9.47 Å². The highest BCUT2D eigenvalue weighted by atomic mass is 35.5. The summed E-state index contributed by atoms with van der Waals surface area (Å²) in [6.07, 6.45) is 4.87. The monoisotopic (exact) mass is 268 g/mol. The number of ether oxygens (including phenoxy) is 2. The third-order valence-corrected chi connectivity index (χ3v) is 3.93. The van der Waals surface area contributed by atoms with E-state index in [2.05, 4.69) is 12.1 Å². The highest BCUT2D eigenvalue weighted by molar-refractivity contribution is 6.18. The molecule has 1 aromatic rings. The number of hydrogen-bond acceptors (Lipinski definition) is 2. The second-order valence-corrected chi connectivity index (χ2v) is 5.26. The van der Waals surface area contributed by atoms with Crippen LogP contribution in [0.15, 0.2) is 24.3 Å². The Hall–Kier alpha value is -0.730. The molecule has 1 aromatic carbocycles. The molecule has 2 atom stereocenters. The zero-order chi connectivity index (χ0) is 12.8. The number of methoxy groups -OCH3 is 1. The highest BCUT2D eigenvalue weighted by Gasteiger charge is 2.20. The van der Waals surface area contributed by atoms with E-state index in [1.165, 1.54) is 18.4 Å². The standard InChI is InChI=1S/C15H21ClO2/c1-17-14-5-2-4-12(9-14)8-13(11-16)10-15-6-3-7-18-15/h2,4-5,9,13,15H,3,6-8,10-11H2,1H3. The van der Waals surface area contributed by atoms with Crippen molar-refractivity contribution >= 4 is 11.6 Å². The summed E-state index contributed by atoms with van der Waals surface area (Å²) < 4.78 is 10.9. The first-order valence-corrected chi connectivity index (χ1v) is 7.15. The van der Waals surface area contributed by atoms with Gasteiger partial charge >= 0.3 is 0 Å². The van der Waals surface area contributed by atoms with Crippen LogP contribution in [0.4, 0.5) is 0 Å². The van der Waals surface area contributed by atoms with Crippen LogP contribution in [0.1, 0.15) is 24.8 Å². The molecule has 0 aromatic heterocycles. The lowest BCUT2D eigenvalue weighted by Gasteiger charge is -2.18. The number of halogens is 1. The Morgan fingerprint density at radius 3 is 3.06 bits per heavy atom. The summed E-state index contributed by atoms with van der Waals surface area (Å²) in [6.45, 7) is 0.916. The maximum absolute atomic E-state index is 6.08. The van der Waals surface area contributed by atoms with Crippen LogP contribution in [0.2, 0.25) is 0 Å². The molecule has 1 aliphatic heterocycles. The number of alkyl halides is 1. The minimum Gasteiger partial charge on any atom is -0.497 e.